The molecule has 2 heteroatoms. The molecule has 142 valence electrons. The molecule has 0 heterocycles. The first-order valence-corrected chi connectivity index (χ1v) is 9.69. The van der Waals surface area contributed by atoms with Crippen LogP contribution in [0.2, 0.25) is 0 Å². The Kier molecular flexibility index (Phi) is 5.85. The molecule has 0 aromatic heterocycles. The van der Waals surface area contributed by atoms with Crippen molar-refractivity contribution in [2.45, 2.75) is 40.0 Å². The molecule has 1 aliphatic rings. The Morgan fingerprint density at radius 2 is 1.75 bits per heavy atom. The Morgan fingerprint density at radius 1 is 1.07 bits per heavy atom. The van der Waals surface area contributed by atoms with Crippen LogP contribution in [-0.4, -0.2) is 11.1 Å². The van der Waals surface area contributed by atoms with Gasteiger partial charge in [0, 0.05) is 5.56 Å². The monoisotopic (exact) mass is 370 g/mol. The van der Waals surface area contributed by atoms with E-state index in [0.717, 1.165) is 12.0 Å². The highest BCUT2D eigenvalue weighted by Gasteiger charge is 2.28. The number of aryl methyl sites for hydroxylation is 1. The minimum atomic E-state index is -0.922. The van der Waals surface area contributed by atoms with Crippen LogP contribution in [0.5, 0.6) is 0 Å². The topological polar surface area (TPSA) is 37.3 Å². The van der Waals surface area contributed by atoms with Crippen LogP contribution in [0.1, 0.15) is 60.2 Å². The molecule has 2 aromatic carbocycles. The zero-order valence-corrected chi connectivity index (χ0v) is 16.8. The van der Waals surface area contributed by atoms with Crippen molar-refractivity contribution in [2.75, 3.05) is 0 Å². The summed E-state index contributed by atoms with van der Waals surface area (Å²) in [7, 11) is 0. The van der Waals surface area contributed by atoms with E-state index < -0.39 is 5.97 Å². The molecule has 2 nitrogen and oxygen atoms in total. The second kappa shape index (κ2) is 8.31. The summed E-state index contributed by atoms with van der Waals surface area (Å²) in [6.45, 7) is 6.72. The summed E-state index contributed by atoms with van der Waals surface area (Å²) < 4.78 is 0. The van der Waals surface area contributed by atoms with Crippen molar-refractivity contribution in [1.29, 1.82) is 0 Å². The van der Waals surface area contributed by atoms with Crippen molar-refractivity contribution < 1.29 is 9.90 Å². The molecule has 1 N–H and O–H groups in total. The average Bonchev–Trinajstić information content (AvgIpc) is 2.66. The van der Waals surface area contributed by atoms with E-state index in [1.165, 1.54) is 35.1 Å². The third-order valence-corrected chi connectivity index (χ3v) is 5.36. The van der Waals surface area contributed by atoms with E-state index in [1.807, 2.05) is 6.08 Å². The second-order valence-corrected chi connectivity index (χ2v) is 7.98. The quantitative estimate of drug-likeness (QED) is 0.647. The summed E-state index contributed by atoms with van der Waals surface area (Å²) in [5, 5.41) is 8.96. The highest BCUT2D eigenvalue weighted by Crippen LogP contribution is 2.44. The maximum absolute atomic E-state index is 10.9. The Morgan fingerprint density at radius 3 is 2.39 bits per heavy atom. The molecular formula is C26H26O2. The number of carboxylic acids is 1. The highest BCUT2D eigenvalue weighted by atomic mass is 16.4. The predicted molar refractivity (Wildman–Crippen MR) is 115 cm³/mol. The largest absolute Gasteiger partial charge is 0.478 e. The molecule has 0 bridgehead atoms. The van der Waals surface area contributed by atoms with Crippen LogP contribution < -0.4 is 0 Å². The molecule has 0 radical (unpaired) electrons. The molecule has 2 aromatic rings. The molecule has 3 rings (SSSR count). The van der Waals surface area contributed by atoms with Gasteiger partial charge in [-0.3, -0.25) is 0 Å². The van der Waals surface area contributed by atoms with Gasteiger partial charge in [-0.25, -0.2) is 4.79 Å². The van der Waals surface area contributed by atoms with Gasteiger partial charge in [-0.2, -0.15) is 0 Å². The second-order valence-electron chi connectivity index (χ2n) is 7.98. The van der Waals surface area contributed by atoms with Gasteiger partial charge in [0.1, 0.15) is 0 Å². The Labute approximate surface area is 167 Å². The van der Waals surface area contributed by atoms with E-state index in [9.17, 15) is 4.79 Å². The van der Waals surface area contributed by atoms with E-state index in [0.29, 0.717) is 0 Å². The van der Waals surface area contributed by atoms with Crippen molar-refractivity contribution in [3.63, 3.8) is 0 Å². The van der Waals surface area contributed by atoms with E-state index >= 15 is 0 Å². The molecular weight excluding hydrogens is 344 g/mol. The van der Waals surface area contributed by atoms with Gasteiger partial charge in [0.05, 0.1) is 5.56 Å². The molecule has 0 spiro atoms. The summed E-state index contributed by atoms with van der Waals surface area (Å²) in [4.78, 5) is 10.9. The maximum Gasteiger partial charge on any atom is 0.335 e. The first kappa shape index (κ1) is 19.7. The van der Waals surface area contributed by atoms with Gasteiger partial charge < -0.3 is 5.11 Å². The van der Waals surface area contributed by atoms with Crippen LogP contribution in [0, 0.1) is 24.2 Å². The van der Waals surface area contributed by atoms with E-state index in [-0.39, 0.29) is 11.0 Å². The third kappa shape index (κ3) is 4.61. The summed E-state index contributed by atoms with van der Waals surface area (Å²) >= 11 is 0. The van der Waals surface area contributed by atoms with E-state index in [2.05, 4.69) is 63.0 Å². The first-order valence-electron chi connectivity index (χ1n) is 9.69. The van der Waals surface area contributed by atoms with Crippen LogP contribution in [0.4, 0.5) is 0 Å². The van der Waals surface area contributed by atoms with E-state index in [4.69, 9.17) is 5.11 Å². The van der Waals surface area contributed by atoms with Gasteiger partial charge in [-0.15, -0.1) is 0 Å². The highest BCUT2D eigenvalue weighted by molar-refractivity contribution is 5.87. The van der Waals surface area contributed by atoms with Crippen molar-refractivity contribution in [3.8, 4) is 11.8 Å². The van der Waals surface area contributed by atoms with E-state index in [1.54, 1.807) is 24.3 Å². The number of allylic oxidation sites excluding steroid dienone is 4. The van der Waals surface area contributed by atoms with Crippen LogP contribution in [0.3, 0.4) is 0 Å². The van der Waals surface area contributed by atoms with Gasteiger partial charge in [0.15, 0.2) is 0 Å². The SMILES string of the molecule is Cc1ccc(C2=C(C=CC#Cc3ccc(C(=O)O)cc3)C(C)(C)CCC2)cc1. The van der Waals surface area contributed by atoms with Crippen molar-refractivity contribution in [2.24, 2.45) is 5.41 Å². The average molecular weight is 370 g/mol. The smallest absolute Gasteiger partial charge is 0.335 e. The number of hydrogen-bond acceptors (Lipinski definition) is 1. The molecule has 0 saturated heterocycles. The minimum absolute atomic E-state index is 0.125. The number of rotatable bonds is 3. The van der Waals surface area contributed by atoms with Gasteiger partial charge in [0.25, 0.3) is 0 Å². The third-order valence-electron chi connectivity index (χ3n) is 5.36. The van der Waals surface area contributed by atoms with Gasteiger partial charge in [-0.05, 0) is 84.7 Å². The molecule has 0 fully saturated rings. The summed E-state index contributed by atoms with van der Waals surface area (Å²) in [5.41, 5.74) is 6.56. The first-order chi connectivity index (χ1) is 13.4. The number of carbonyl (C=O) groups is 1. The Balaban J connectivity index is 1.88. The summed E-state index contributed by atoms with van der Waals surface area (Å²) in [6, 6.07) is 15.4. The zero-order chi connectivity index (χ0) is 20.1. The lowest BCUT2D eigenvalue weighted by atomic mass is 9.71. The number of hydrogen-bond donors (Lipinski definition) is 1. The van der Waals surface area contributed by atoms with Crippen molar-refractivity contribution in [3.05, 3.63) is 88.5 Å². The molecule has 0 saturated carbocycles. The van der Waals surface area contributed by atoms with Crippen molar-refractivity contribution >= 4 is 11.5 Å². The van der Waals surface area contributed by atoms with Crippen LogP contribution in [0.25, 0.3) is 5.57 Å². The van der Waals surface area contributed by atoms with Crippen molar-refractivity contribution in [1.82, 2.24) is 0 Å². The fraction of sp³-hybridized carbons (Fsp3) is 0.269. The maximum atomic E-state index is 10.9. The molecule has 28 heavy (non-hydrogen) atoms. The lowest BCUT2D eigenvalue weighted by Gasteiger charge is -2.34. The minimum Gasteiger partial charge on any atom is -0.478 e. The van der Waals surface area contributed by atoms with Gasteiger partial charge >= 0.3 is 5.97 Å². The number of aromatic carboxylic acids is 1. The summed E-state index contributed by atoms with van der Waals surface area (Å²) in [6.07, 6.45) is 7.55. The number of carboxylic acid groups (broad SMARTS) is 1. The predicted octanol–water partition coefficient (Wildman–Crippen LogP) is 6.26. The zero-order valence-electron chi connectivity index (χ0n) is 16.8. The lowest BCUT2D eigenvalue weighted by molar-refractivity contribution is 0.0697. The van der Waals surface area contributed by atoms with Crippen LogP contribution in [0.15, 0.2) is 66.3 Å². The van der Waals surface area contributed by atoms with Crippen LogP contribution >= 0.6 is 0 Å². The summed E-state index contributed by atoms with van der Waals surface area (Å²) in [5.74, 6) is 5.27. The molecule has 0 unspecified atom stereocenters. The fourth-order valence-electron chi connectivity index (χ4n) is 3.71. The van der Waals surface area contributed by atoms with Crippen LogP contribution in [-0.2, 0) is 0 Å². The molecule has 1 aliphatic carbocycles. The standard InChI is InChI=1S/C26H26O2/c1-19-10-14-21(15-11-19)23-8-6-18-26(2,3)24(23)9-5-4-7-20-12-16-22(17-13-20)25(27)28/h5,9-17H,6,8,18H2,1-3H3,(H,27,28). The molecule has 0 atom stereocenters. The number of benzene rings is 2. The fourth-order valence-corrected chi connectivity index (χ4v) is 3.71. The van der Waals surface area contributed by atoms with Gasteiger partial charge in [-0.1, -0.05) is 55.5 Å². The molecule has 0 aliphatic heterocycles. The Bertz CT molecular complexity index is 975. The normalized spacial score (nSPS) is 16.0. The lowest BCUT2D eigenvalue weighted by Crippen LogP contribution is -2.19. The Hall–Kier alpha value is -3.05. The van der Waals surface area contributed by atoms with Gasteiger partial charge in [0.2, 0.25) is 0 Å². The molecule has 0 amide bonds.